The Labute approximate surface area is 102 Å². The van der Waals surface area contributed by atoms with Gasteiger partial charge in [-0.1, -0.05) is 0 Å². The van der Waals surface area contributed by atoms with Crippen LogP contribution in [0.4, 0.5) is 0 Å². The molecule has 0 saturated heterocycles. The molecular formula is C10H8ClNO2S2. The van der Waals surface area contributed by atoms with Crippen LogP contribution in [-0.4, -0.2) is 13.4 Å². The number of aryl methyl sites for hydroxylation is 1. The van der Waals surface area contributed by atoms with Gasteiger partial charge in [0, 0.05) is 21.8 Å². The second kappa shape index (κ2) is 4.16. The van der Waals surface area contributed by atoms with Crippen LogP contribution in [0, 0.1) is 6.92 Å². The van der Waals surface area contributed by atoms with E-state index in [0.717, 1.165) is 9.75 Å². The monoisotopic (exact) mass is 273 g/mol. The van der Waals surface area contributed by atoms with Gasteiger partial charge in [0.15, 0.2) is 0 Å². The summed E-state index contributed by atoms with van der Waals surface area (Å²) < 4.78 is 22.7. The minimum atomic E-state index is -3.76. The zero-order valence-corrected chi connectivity index (χ0v) is 10.7. The molecule has 0 bridgehead atoms. The molecule has 0 radical (unpaired) electrons. The predicted octanol–water partition coefficient (Wildman–Crippen LogP) is 3.05. The number of aromatic nitrogens is 1. The molecule has 0 fully saturated rings. The van der Waals surface area contributed by atoms with Crippen LogP contribution in [0.1, 0.15) is 4.88 Å². The fourth-order valence-electron chi connectivity index (χ4n) is 1.33. The minimum Gasteiger partial charge on any atom is -0.254 e. The van der Waals surface area contributed by atoms with Crippen molar-refractivity contribution in [1.82, 2.24) is 4.98 Å². The number of nitrogens with zero attached hydrogens (tertiary/aromatic N) is 1. The van der Waals surface area contributed by atoms with E-state index in [0.29, 0.717) is 5.69 Å². The lowest BCUT2D eigenvalue weighted by Crippen LogP contribution is -1.95. The lowest BCUT2D eigenvalue weighted by molar-refractivity contribution is 0.609. The van der Waals surface area contributed by atoms with Crippen molar-refractivity contribution in [2.75, 3.05) is 0 Å². The third-order valence-electron chi connectivity index (χ3n) is 2.01. The van der Waals surface area contributed by atoms with E-state index in [4.69, 9.17) is 10.7 Å². The Morgan fingerprint density at radius 3 is 2.62 bits per heavy atom. The van der Waals surface area contributed by atoms with Gasteiger partial charge in [0.05, 0.1) is 4.88 Å². The molecular weight excluding hydrogens is 266 g/mol. The molecule has 16 heavy (non-hydrogen) atoms. The van der Waals surface area contributed by atoms with Crippen molar-refractivity contribution in [3.63, 3.8) is 0 Å². The summed E-state index contributed by atoms with van der Waals surface area (Å²) in [5.74, 6) is 0. The molecule has 0 atom stereocenters. The second-order valence-electron chi connectivity index (χ2n) is 3.20. The molecule has 2 aromatic rings. The van der Waals surface area contributed by atoms with E-state index in [1.807, 2.05) is 19.1 Å². The first-order chi connectivity index (χ1) is 7.48. The topological polar surface area (TPSA) is 47.0 Å². The molecule has 0 spiro atoms. The van der Waals surface area contributed by atoms with Crippen LogP contribution in [0.2, 0.25) is 0 Å². The number of rotatable bonds is 2. The standard InChI is InChI=1S/C10H8ClNO2S2/c1-7-4-5-8(15-7)10-9(16(11,13)14)3-2-6-12-10/h2-6H,1H3. The summed E-state index contributed by atoms with van der Waals surface area (Å²) >= 11 is 1.49. The van der Waals surface area contributed by atoms with Crippen molar-refractivity contribution in [1.29, 1.82) is 0 Å². The van der Waals surface area contributed by atoms with Gasteiger partial charge in [0.25, 0.3) is 9.05 Å². The maximum absolute atomic E-state index is 11.4. The fraction of sp³-hybridized carbons (Fsp3) is 0.100. The van der Waals surface area contributed by atoms with Crippen molar-refractivity contribution in [3.8, 4) is 10.6 Å². The normalized spacial score (nSPS) is 11.6. The quantitative estimate of drug-likeness (QED) is 0.790. The van der Waals surface area contributed by atoms with E-state index >= 15 is 0 Å². The van der Waals surface area contributed by atoms with Crippen LogP contribution in [0.3, 0.4) is 0 Å². The molecule has 2 heterocycles. The van der Waals surface area contributed by atoms with Gasteiger partial charge in [-0.3, -0.25) is 4.98 Å². The molecule has 0 aromatic carbocycles. The molecule has 2 rings (SSSR count). The average Bonchev–Trinajstić information content (AvgIpc) is 2.64. The summed E-state index contributed by atoms with van der Waals surface area (Å²) in [6.07, 6.45) is 1.55. The first-order valence-electron chi connectivity index (χ1n) is 4.45. The molecule has 0 aliphatic rings. The second-order valence-corrected chi connectivity index (χ2v) is 7.02. The highest BCUT2D eigenvalue weighted by Gasteiger charge is 2.18. The van der Waals surface area contributed by atoms with Crippen molar-refractivity contribution in [3.05, 3.63) is 35.3 Å². The number of hydrogen-bond donors (Lipinski definition) is 0. The average molecular weight is 274 g/mol. The number of halogens is 1. The molecule has 6 heteroatoms. The molecule has 0 saturated carbocycles. The molecule has 3 nitrogen and oxygen atoms in total. The van der Waals surface area contributed by atoms with Gasteiger partial charge in [-0.15, -0.1) is 11.3 Å². The highest BCUT2D eigenvalue weighted by atomic mass is 35.7. The van der Waals surface area contributed by atoms with Crippen molar-refractivity contribution >= 4 is 31.1 Å². The van der Waals surface area contributed by atoms with E-state index in [-0.39, 0.29) is 4.90 Å². The number of pyridine rings is 1. The third-order valence-corrected chi connectivity index (χ3v) is 4.37. The first-order valence-corrected chi connectivity index (χ1v) is 7.57. The Kier molecular flexibility index (Phi) is 3.01. The molecule has 0 N–H and O–H groups in total. The molecule has 0 aliphatic carbocycles. The van der Waals surface area contributed by atoms with E-state index in [1.165, 1.54) is 17.4 Å². The van der Waals surface area contributed by atoms with Crippen LogP contribution in [0.5, 0.6) is 0 Å². The summed E-state index contributed by atoms with van der Waals surface area (Å²) in [6, 6.07) is 6.77. The van der Waals surface area contributed by atoms with Crippen LogP contribution in [0.25, 0.3) is 10.6 Å². The van der Waals surface area contributed by atoms with Gasteiger partial charge in [0.1, 0.15) is 10.6 Å². The molecule has 0 unspecified atom stereocenters. The van der Waals surface area contributed by atoms with Crippen LogP contribution in [0.15, 0.2) is 35.4 Å². The van der Waals surface area contributed by atoms with Gasteiger partial charge < -0.3 is 0 Å². The SMILES string of the molecule is Cc1ccc(-c2ncccc2S(=O)(=O)Cl)s1. The molecule has 0 aliphatic heterocycles. The summed E-state index contributed by atoms with van der Waals surface area (Å²) in [4.78, 5) is 6.03. The Bertz CT molecular complexity index is 619. The smallest absolute Gasteiger partial charge is 0.254 e. The third kappa shape index (κ3) is 2.26. The fourth-order valence-corrected chi connectivity index (χ4v) is 3.29. The lowest BCUT2D eigenvalue weighted by Gasteiger charge is -2.02. The highest BCUT2D eigenvalue weighted by Crippen LogP contribution is 2.32. The molecule has 84 valence electrons. The summed E-state index contributed by atoms with van der Waals surface area (Å²) in [6.45, 7) is 1.95. The number of hydrogen-bond acceptors (Lipinski definition) is 4. The molecule has 2 aromatic heterocycles. The van der Waals surface area contributed by atoms with Gasteiger partial charge >= 0.3 is 0 Å². The van der Waals surface area contributed by atoms with Gasteiger partial charge in [-0.2, -0.15) is 0 Å². The maximum Gasteiger partial charge on any atom is 0.263 e. The largest absolute Gasteiger partial charge is 0.263 e. The summed E-state index contributed by atoms with van der Waals surface area (Å²) in [7, 11) is 1.60. The Balaban J connectivity index is 2.66. The number of thiophene rings is 1. The zero-order chi connectivity index (χ0) is 11.8. The van der Waals surface area contributed by atoms with Crippen LogP contribution < -0.4 is 0 Å². The van der Waals surface area contributed by atoms with E-state index in [2.05, 4.69) is 4.98 Å². The Hall–Kier alpha value is -0.910. The summed E-state index contributed by atoms with van der Waals surface area (Å²) in [5.41, 5.74) is 0.413. The summed E-state index contributed by atoms with van der Waals surface area (Å²) in [5, 5.41) is 0. The van der Waals surface area contributed by atoms with Gasteiger partial charge in [-0.05, 0) is 31.2 Å². The van der Waals surface area contributed by atoms with E-state index in [9.17, 15) is 8.42 Å². The Morgan fingerprint density at radius 2 is 2.06 bits per heavy atom. The first kappa shape index (κ1) is 11.6. The van der Waals surface area contributed by atoms with Crippen molar-refractivity contribution in [2.45, 2.75) is 11.8 Å². The zero-order valence-electron chi connectivity index (χ0n) is 8.34. The van der Waals surface area contributed by atoms with E-state index < -0.39 is 9.05 Å². The predicted molar refractivity (Wildman–Crippen MR) is 65.3 cm³/mol. The van der Waals surface area contributed by atoms with Gasteiger partial charge in [-0.25, -0.2) is 8.42 Å². The van der Waals surface area contributed by atoms with Crippen LogP contribution in [-0.2, 0) is 9.05 Å². The van der Waals surface area contributed by atoms with Crippen molar-refractivity contribution < 1.29 is 8.42 Å². The maximum atomic E-state index is 11.4. The minimum absolute atomic E-state index is 0.0542. The Morgan fingerprint density at radius 1 is 1.31 bits per heavy atom. The molecule has 0 amide bonds. The van der Waals surface area contributed by atoms with Crippen molar-refractivity contribution in [2.24, 2.45) is 0 Å². The van der Waals surface area contributed by atoms with Gasteiger partial charge in [0.2, 0.25) is 0 Å². The highest BCUT2D eigenvalue weighted by molar-refractivity contribution is 8.13. The lowest BCUT2D eigenvalue weighted by atomic mass is 10.3. The van der Waals surface area contributed by atoms with Crippen LogP contribution >= 0.6 is 22.0 Å². The van der Waals surface area contributed by atoms with E-state index in [1.54, 1.807) is 12.3 Å².